The molecule has 0 aliphatic carbocycles. The highest BCUT2D eigenvalue weighted by atomic mass is 16.2. The first-order chi connectivity index (χ1) is 11.2. The molecular formula is C13H26N8O3. The summed E-state index contributed by atoms with van der Waals surface area (Å²) in [5, 5.41) is 0. The van der Waals surface area contributed by atoms with Crippen LogP contribution in [0.25, 0.3) is 0 Å². The van der Waals surface area contributed by atoms with E-state index in [1.807, 2.05) is 0 Å². The number of nitrogens with two attached hydrogens (primary N) is 6. The van der Waals surface area contributed by atoms with Crippen molar-refractivity contribution < 1.29 is 14.4 Å². The van der Waals surface area contributed by atoms with Gasteiger partial charge in [0.15, 0.2) is 11.9 Å². The highest BCUT2D eigenvalue weighted by Crippen LogP contribution is 2.02. The van der Waals surface area contributed by atoms with Crippen LogP contribution in [0.3, 0.4) is 0 Å². The van der Waals surface area contributed by atoms with Gasteiger partial charge in [-0.1, -0.05) is 0 Å². The SMILES string of the molecule is NC(N)=NCCCC(N)C(=O)C(=O)C(=O)C(N)CCCN=C(N)N. The summed E-state index contributed by atoms with van der Waals surface area (Å²) in [6.07, 6.45) is 1.15. The Hall–Kier alpha value is -2.53. The van der Waals surface area contributed by atoms with E-state index in [2.05, 4.69) is 9.98 Å². The van der Waals surface area contributed by atoms with E-state index < -0.39 is 29.4 Å². The molecule has 0 saturated heterocycles. The Morgan fingerprint density at radius 1 is 0.708 bits per heavy atom. The van der Waals surface area contributed by atoms with Crippen LogP contribution in [0.15, 0.2) is 9.98 Å². The molecule has 0 aromatic heterocycles. The molecule has 0 aromatic carbocycles. The number of ketones is 3. The van der Waals surface area contributed by atoms with Gasteiger partial charge in [0.25, 0.3) is 5.78 Å². The van der Waals surface area contributed by atoms with Crippen LogP contribution in [0.4, 0.5) is 0 Å². The number of rotatable bonds is 12. The third kappa shape index (κ3) is 8.80. The Labute approximate surface area is 139 Å². The monoisotopic (exact) mass is 342 g/mol. The Morgan fingerprint density at radius 2 is 1.04 bits per heavy atom. The fraction of sp³-hybridized carbons (Fsp3) is 0.615. The van der Waals surface area contributed by atoms with E-state index in [1.54, 1.807) is 0 Å². The molecule has 0 radical (unpaired) electrons. The Bertz CT molecular complexity index is 465. The van der Waals surface area contributed by atoms with Gasteiger partial charge in [-0.05, 0) is 25.7 Å². The average Bonchev–Trinajstić information content (AvgIpc) is 2.52. The van der Waals surface area contributed by atoms with Crippen molar-refractivity contribution in [3.8, 4) is 0 Å². The van der Waals surface area contributed by atoms with Crippen LogP contribution in [-0.4, -0.2) is 54.4 Å². The van der Waals surface area contributed by atoms with Crippen molar-refractivity contribution in [2.75, 3.05) is 13.1 Å². The van der Waals surface area contributed by atoms with E-state index in [-0.39, 0.29) is 37.9 Å². The lowest BCUT2D eigenvalue weighted by atomic mass is 9.97. The predicted molar refractivity (Wildman–Crippen MR) is 90.8 cm³/mol. The minimum atomic E-state index is -1.20. The fourth-order valence-corrected chi connectivity index (χ4v) is 1.76. The third-order valence-electron chi connectivity index (χ3n) is 3.06. The zero-order valence-electron chi connectivity index (χ0n) is 13.5. The van der Waals surface area contributed by atoms with Crippen LogP contribution in [0, 0.1) is 0 Å². The van der Waals surface area contributed by atoms with Gasteiger partial charge in [0.05, 0.1) is 12.1 Å². The first-order valence-corrected chi connectivity index (χ1v) is 7.41. The highest BCUT2D eigenvalue weighted by molar-refractivity contribution is 6.65. The van der Waals surface area contributed by atoms with Crippen molar-refractivity contribution in [2.45, 2.75) is 37.8 Å². The zero-order valence-corrected chi connectivity index (χ0v) is 13.5. The number of nitrogens with zero attached hydrogens (tertiary/aromatic N) is 2. The largest absolute Gasteiger partial charge is 0.370 e. The molecule has 0 bridgehead atoms. The number of hydrogen-bond donors (Lipinski definition) is 6. The molecular weight excluding hydrogens is 316 g/mol. The minimum Gasteiger partial charge on any atom is -0.370 e. The number of hydrogen-bond acceptors (Lipinski definition) is 7. The second-order valence-electron chi connectivity index (χ2n) is 5.17. The van der Waals surface area contributed by atoms with Crippen LogP contribution in [0.1, 0.15) is 25.7 Å². The van der Waals surface area contributed by atoms with Crippen LogP contribution in [0.5, 0.6) is 0 Å². The normalized spacial score (nSPS) is 12.8. The summed E-state index contributed by atoms with van der Waals surface area (Å²) < 4.78 is 0. The first kappa shape index (κ1) is 21.5. The Balaban J connectivity index is 4.33. The fourth-order valence-electron chi connectivity index (χ4n) is 1.76. The highest BCUT2D eigenvalue weighted by Gasteiger charge is 2.30. The van der Waals surface area contributed by atoms with Crippen molar-refractivity contribution >= 4 is 29.3 Å². The number of guanidine groups is 2. The summed E-state index contributed by atoms with van der Waals surface area (Å²) >= 11 is 0. The van der Waals surface area contributed by atoms with E-state index in [4.69, 9.17) is 34.4 Å². The van der Waals surface area contributed by atoms with Gasteiger partial charge in [-0.25, -0.2) is 0 Å². The van der Waals surface area contributed by atoms with E-state index >= 15 is 0 Å². The van der Waals surface area contributed by atoms with Crippen molar-refractivity contribution in [1.82, 2.24) is 0 Å². The maximum Gasteiger partial charge on any atom is 0.267 e. The summed E-state index contributed by atoms with van der Waals surface area (Å²) in [5.74, 6) is -3.28. The summed E-state index contributed by atoms with van der Waals surface area (Å²) in [4.78, 5) is 43.0. The average molecular weight is 342 g/mol. The number of Topliss-reactive ketones (excluding diaryl/α,β-unsaturated/α-hetero) is 3. The molecule has 0 rings (SSSR count). The summed E-state index contributed by atoms with van der Waals surface area (Å²) in [5.41, 5.74) is 31.8. The van der Waals surface area contributed by atoms with Gasteiger partial charge in [-0.2, -0.15) is 0 Å². The molecule has 0 amide bonds. The number of carbonyl (C=O) groups is 3. The standard InChI is InChI=1S/C13H26N8O3/c14-7(3-1-5-20-12(16)17)9(22)11(24)10(23)8(15)4-2-6-21-13(18)19/h7-8H,1-6,14-15H2,(H4,16,17,20)(H4,18,19,21). The van der Waals surface area contributed by atoms with E-state index in [0.29, 0.717) is 12.8 Å². The Kier molecular flexibility index (Phi) is 9.91. The van der Waals surface area contributed by atoms with Gasteiger partial charge in [-0.3, -0.25) is 24.4 Å². The van der Waals surface area contributed by atoms with Gasteiger partial charge in [0.2, 0.25) is 11.6 Å². The van der Waals surface area contributed by atoms with Gasteiger partial charge in [-0.15, -0.1) is 0 Å². The van der Waals surface area contributed by atoms with Crippen molar-refractivity contribution in [3.63, 3.8) is 0 Å². The lowest BCUT2D eigenvalue weighted by molar-refractivity contribution is -0.145. The van der Waals surface area contributed by atoms with E-state index in [1.165, 1.54) is 0 Å². The topological polar surface area (TPSA) is 232 Å². The van der Waals surface area contributed by atoms with Crippen molar-refractivity contribution in [1.29, 1.82) is 0 Å². The lowest BCUT2D eigenvalue weighted by Crippen LogP contribution is -2.45. The Morgan fingerprint density at radius 3 is 1.33 bits per heavy atom. The summed E-state index contributed by atoms with van der Waals surface area (Å²) in [7, 11) is 0. The predicted octanol–water partition coefficient (Wildman–Crippen LogP) is -3.54. The molecule has 0 saturated carbocycles. The first-order valence-electron chi connectivity index (χ1n) is 7.41. The molecule has 0 aliphatic rings. The minimum absolute atomic E-state index is 0.0761. The van der Waals surface area contributed by atoms with Crippen LogP contribution in [-0.2, 0) is 14.4 Å². The van der Waals surface area contributed by atoms with Crippen molar-refractivity contribution in [2.24, 2.45) is 44.4 Å². The zero-order chi connectivity index (χ0) is 18.7. The molecule has 24 heavy (non-hydrogen) atoms. The molecule has 0 spiro atoms. The quantitative estimate of drug-likeness (QED) is 0.0676. The van der Waals surface area contributed by atoms with E-state index in [0.717, 1.165) is 0 Å². The molecule has 11 heteroatoms. The summed E-state index contributed by atoms with van der Waals surface area (Å²) in [6.45, 7) is 0.547. The van der Waals surface area contributed by atoms with Crippen LogP contribution in [0.2, 0.25) is 0 Å². The lowest BCUT2D eigenvalue weighted by Gasteiger charge is -2.11. The molecule has 2 atom stereocenters. The maximum atomic E-state index is 11.8. The molecule has 0 fully saturated rings. The summed E-state index contributed by atoms with van der Waals surface area (Å²) in [6, 6.07) is -2.19. The maximum absolute atomic E-state index is 11.8. The van der Waals surface area contributed by atoms with Gasteiger partial charge in [0.1, 0.15) is 0 Å². The van der Waals surface area contributed by atoms with E-state index in [9.17, 15) is 14.4 Å². The van der Waals surface area contributed by atoms with Crippen LogP contribution >= 0.6 is 0 Å². The molecule has 2 unspecified atom stereocenters. The second kappa shape index (κ2) is 11.1. The number of aliphatic imine (C=N–C) groups is 2. The molecule has 136 valence electrons. The van der Waals surface area contributed by atoms with Gasteiger partial charge in [0, 0.05) is 13.1 Å². The van der Waals surface area contributed by atoms with Gasteiger partial charge < -0.3 is 34.4 Å². The smallest absolute Gasteiger partial charge is 0.267 e. The molecule has 0 aromatic rings. The van der Waals surface area contributed by atoms with Crippen LogP contribution < -0.4 is 34.4 Å². The molecule has 12 N–H and O–H groups in total. The van der Waals surface area contributed by atoms with Crippen molar-refractivity contribution in [3.05, 3.63) is 0 Å². The molecule has 11 nitrogen and oxygen atoms in total. The molecule has 0 aliphatic heterocycles. The number of carbonyl (C=O) groups excluding carboxylic acids is 3. The third-order valence-corrected chi connectivity index (χ3v) is 3.06. The second-order valence-corrected chi connectivity index (χ2v) is 5.17. The molecule has 0 heterocycles. The van der Waals surface area contributed by atoms with Gasteiger partial charge >= 0.3 is 0 Å².